The van der Waals surface area contributed by atoms with Crippen molar-refractivity contribution >= 4 is 11.9 Å². The van der Waals surface area contributed by atoms with Crippen molar-refractivity contribution < 1.29 is 19.4 Å². The molecular formula is C34H52O4. The number of carboxylic acids is 1. The van der Waals surface area contributed by atoms with Crippen LogP contribution in [-0.4, -0.2) is 23.1 Å². The van der Waals surface area contributed by atoms with E-state index in [1.807, 2.05) is 0 Å². The summed E-state index contributed by atoms with van der Waals surface area (Å²) in [6, 6.07) is 0. The van der Waals surface area contributed by atoms with Gasteiger partial charge in [0.05, 0.1) is 0 Å². The van der Waals surface area contributed by atoms with Crippen LogP contribution in [0.2, 0.25) is 0 Å². The first-order valence-corrected chi connectivity index (χ1v) is 15.4. The van der Waals surface area contributed by atoms with Gasteiger partial charge in [-0.15, -0.1) is 0 Å². The summed E-state index contributed by atoms with van der Waals surface area (Å²) in [5.74, 6) is 1.79. The zero-order valence-electron chi connectivity index (χ0n) is 25.1. The molecular weight excluding hydrogens is 472 g/mol. The van der Waals surface area contributed by atoms with Gasteiger partial charge in [-0.2, -0.15) is 0 Å². The van der Waals surface area contributed by atoms with Crippen LogP contribution in [0.5, 0.6) is 0 Å². The highest BCUT2D eigenvalue weighted by molar-refractivity contribution is 5.90. The number of carbonyl (C=O) groups excluding carboxylic acids is 1. The molecule has 0 aliphatic heterocycles. The van der Waals surface area contributed by atoms with Crippen LogP contribution < -0.4 is 0 Å². The van der Waals surface area contributed by atoms with Crippen LogP contribution in [-0.2, 0) is 14.3 Å². The molecule has 0 spiro atoms. The highest BCUT2D eigenvalue weighted by atomic mass is 16.5. The number of hydrogen-bond donors (Lipinski definition) is 1. The molecule has 1 N–H and O–H groups in total. The zero-order chi connectivity index (χ0) is 27.9. The minimum absolute atomic E-state index is 0.138. The van der Waals surface area contributed by atoms with Gasteiger partial charge in [-0.25, -0.2) is 9.59 Å². The number of carbonyl (C=O) groups is 2. The average Bonchev–Trinajstić information content (AvgIpc) is 3.18. The van der Waals surface area contributed by atoms with Gasteiger partial charge < -0.3 is 9.84 Å². The summed E-state index contributed by atoms with van der Waals surface area (Å²) in [6.45, 7) is 21.9. The predicted octanol–water partition coefficient (Wildman–Crippen LogP) is 8.22. The van der Waals surface area contributed by atoms with Gasteiger partial charge in [0.2, 0.25) is 0 Å². The van der Waals surface area contributed by atoms with Crippen LogP contribution in [0.1, 0.15) is 113 Å². The normalized spacial score (nSPS) is 49.3. The second kappa shape index (κ2) is 8.96. The fourth-order valence-corrected chi connectivity index (χ4v) is 12.0. The van der Waals surface area contributed by atoms with E-state index in [0.29, 0.717) is 34.0 Å². The van der Waals surface area contributed by atoms with Crippen LogP contribution >= 0.6 is 0 Å². The van der Waals surface area contributed by atoms with Crippen molar-refractivity contribution in [3.63, 3.8) is 0 Å². The minimum atomic E-state index is -1.12. The number of carboxylic acid groups (broad SMARTS) is 1. The van der Waals surface area contributed by atoms with Gasteiger partial charge >= 0.3 is 11.9 Å². The number of hydrogen-bond acceptors (Lipinski definition) is 3. The van der Waals surface area contributed by atoms with Crippen molar-refractivity contribution in [3.8, 4) is 0 Å². The lowest BCUT2D eigenvalue weighted by Crippen LogP contribution is -2.66. The maximum atomic E-state index is 12.4. The van der Waals surface area contributed by atoms with Crippen molar-refractivity contribution in [2.45, 2.75) is 119 Å². The van der Waals surface area contributed by atoms with Crippen molar-refractivity contribution in [1.82, 2.24) is 0 Å². The first-order valence-electron chi connectivity index (χ1n) is 15.4. The largest absolute Gasteiger partial charge is 0.478 e. The molecule has 0 aromatic heterocycles. The van der Waals surface area contributed by atoms with Gasteiger partial charge in [0.1, 0.15) is 6.10 Å². The second-order valence-corrected chi connectivity index (χ2v) is 15.8. The third-order valence-corrected chi connectivity index (χ3v) is 14.0. The number of rotatable bonds is 4. The Kier molecular flexibility index (Phi) is 6.60. The number of ether oxygens (including phenoxy) is 1. The highest BCUT2D eigenvalue weighted by Crippen LogP contribution is 2.77. The third-order valence-electron chi connectivity index (χ3n) is 14.0. The van der Waals surface area contributed by atoms with Crippen molar-refractivity contribution in [2.75, 3.05) is 0 Å². The summed E-state index contributed by atoms with van der Waals surface area (Å²) in [5, 5.41) is 8.90. The molecule has 4 heteroatoms. The molecule has 1 unspecified atom stereocenters. The molecule has 0 bridgehead atoms. The minimum Gasteiger partial charge on any atom is -0.478 e. The fourth-order valence-electron chi connectivity index (χ4n) is 12.0. The molecule has 0 aromatic rings. The van der Waals surface area contributed by atoms with Crippen LogP contribution in [0.3, 0.4) is 0 Å². The van der Waals surface area contributed by atoms with Crippen LogP contribution in [0, 0.1) is 56.7 Å². The van der Waals surface area contributed by atoms with Crippen LogP contribution in [0.25, 0.3) is 0 Å². The molecule has 0 radical (unpaired) electrons. The molecule has 10 atom stereocenters. The molecule has 4 nitrogen and oxygen atoms in total. The first kappa shape index (κ1) is 28.0. The van der Waals surface area contributed by atoms with E-state index in [9.17, 15) is 9.59 Å². The highest BCUT2D eigenvalue weighted by Gasteiger charge is 2.70. The Balaban J connectivity index is 1.43. The van der Waals surface area contributed by atoms with Crippen molar-refractivity contribution in [3.05, 3.63) is 24.3 Å². The van der Waals surface area contributed by atoms with E-state index in [4.69, 9.17) is 9.84 Å². The Morgan fingerprint density at radius 2 is 1.53 bits per heavy atom. The molecule has 0 heterocycles. The summed E-state index contributed by atoms with van der Waals surface area (Å²) in [7, 11) is 0. The Bertz CT molecular complexity index is 1040. The van der Waals surface area contributed by atoms with Gasteiger partial charge in [0.15, 0.2) is 0 Å². The zero-order valence-corrected chi connectivity index (χ0v) is 25.1. The average molecular weight is 525 g/mol. The lowest BCUT2D eigenvalue weighted by Gasteiger charge is -2.73. The maximum Gasteiger partial charge on any atom is 0.331 e. The molecule has 0 aromatic carbocycles. The molecule has 38 heavy (non-hydrogen) atoms. The molecule has 5 aliphatic rings. The van der Waals surface area contributed by atoms with Crippen molar-refractivity contribution in [1.29, 1.82) is 0 Å². The van der Waals surface area contributed by atoms with Gasteiger partial charge in [-0.1, -0.05) is 53.7 Å². The SMILES string of the molecule is C=C(C)[C@@H]1CC[C@]2(C)CC[C@]3(C)[C@H](CC[C@@H]4[C@@]5(C)CCC(OC(=O)C=CC(=O)O)C(C)(C)[C@@H]5CC[C@]43C)[C@@H]12. The monoisotopic (exact) mass is 524 g/mol. The van der Waals surface area contributed by atoms with Crippen molar-refractivity contribution in [2.24, 2.45) is 56.7 Å². The smallest absolute Gasteiger partial charge is 0.331 e. The number of fused-ring (bicyclic) bond motifs is 7. The summed E-state index contributed by atoms with van der Waals surface area (Å²) < 4.78 is 5.91. The van der Waals surface area contributed by atoms with E-state index in [-0.39, 0.29) is 16.9 Å². The molecule has 5 aliphatic carbocycles. The predicted molar refractivity (Wildman–Crippen MR) is 151 cm³/mol. The second-order valence-electron chi connectivity index (χ2n) is 15.8. The molecule has 5 rings (SSSR count). The van der Waals surface area contributed by atoms with Gasteiger partial charge in [0.25, 0.3) is 0 Å². The Morgan fingerprint density at radius 1 is 0.816 bits per heavy atom. The summed E-state index contributed by atoms with van der Waals surface area (Å²) in [6.07, 6.45) is 14.3. The lowest BCUT2D eigenvalue weighted by molar-refractivity contribution is -0.248. The number of esters is 1. The Labute approximate surface area is 231 Å². The van der Waals surface area contributed by atoms with E-state index in [1.165, 1.54) is 56.9 Å². The molecule has 5 fully saturated rings. The first-order chi connectivity index (χ1) is 17.6. The van der Waals surface area contributed by atoms with E-state index in [2.05, 4.69) is 55.0 Å². The Morgan fingerprint density at radius 3 is 2.18 bits per heavy atom. The lowest BCUT2D eigenvalue weighted by atomic mass is 9.32. The van der Waals surface area contributed by atoms with Gasteiger partial charge in [0, 0.05) is 17.6 Å². The number of allylic oxidation sites excluding steroid dienone is 1. The van der Waals surface area contributed by atoms with Crippen LogP contribution in [0.4, 0.5) is 0 Å². The van der Waals surface area contributed by atoms with E-state index < -0.39 is 11.9 Å². The molecule has 212 valence electrons. The topological polar surface area (TPSA) is 63.6 Å². The quantitative estimate of drug-likeness (QED) is 0.229. The van der Waals surface area contributed by atoms with Gasteiger partial charge in [-0.05, 0) is 122 Å². The van der Waals surface area contributed by atoms with E-state index >= 15 is 0 Å². The molecule has 5 saturated carbocycles. The maximum absolute atomic E-state index is 12.4. The van der Waals surface area contributed by atoms with Crippen LogP contribution in [0.15, 0.2) is 24.3 Å². The van der Waals surface area contributed by atoms with E-state index in [1.54, 1.807) is 0 Å². The third kappa shape index (κ3) is 3.81. The summed E-state index contributed by atoms with van der Waals surface area (Å²) in [4.78, 5) is 23.3. The molecule has 0 amide bonds. The fraction of sp³-hybridized carbons (Fsp3) is 0.824. The summed E-state index contributed by atoms with van der Waals surface area (Å²) >= 11 is 0. The Hall–Kier alpha value is -1.58. The number of aliphatic carboxylic acids is 1. The molecule has 0 saturated heterocycles. The standard InChI is InChI=1S/C34H52O4/c1-21(2)22-13-16-31(5)19-20-33(7)23(29(22)31)9-10-25-32(6)17-15-26(38-28(37)12-11-27(35)36)30(3,4)24(32)14-18-34(25,33)8/h11-12,22-26,29H,1,9-10,13-20H2,2-8H3,(H,35,36)/t22-,23+,24-,25+,26?,29+,31+,32-,33+,34+/m0/s1. The van der Waals surface area contributed by atoms with E-state index in [0.717, 1.165) is 36.8 Å². The van der Waals surface area contributed by atoms with Gasteiger partial charge in [-0.3, -0.25) is 0 Å². The summed E-state index contributed by atoms with van der Waals surface area (Å²) in [5.41, 5.74) is 2.68.